The Morgan fingerprint density at radius 3 is 2.58 bits per heavy atom. The summed E-state index contributed by atoms with van der Waals surface area (Å²) >= 11 is 0. The zero-order valence-electron chi connectivity index (χ0n) is 20.1. The van der Waals surface area contributed by atoms with E-state index in [9.17, 15) is 24.9 Å². The molecule has 0 aromatic carbocycles. The Labute approximate surface area is 208 Å². The average Bonchev–Trinajstić information content (AvgIpc) is 2.65. The van der Waals surface area contributed by atoms with Crippen LogP contribution in [0.4, 0.5) is 0 Å². The molecule has 8 atom stereocenters. The third kappa shape index (κ3) is 8.30. The van der Waals surface area contributed by atoms with E-state index >= 15 is 0 Å². The van der Waals surface area contributed by atoms with Crippen molar-refractivity contribution in [2.24, 2.45) is 23.7 Å². The van der Waals surface area contributed by atoms with Crippen LogP contribution in [0.1, 0.15) is 60.7 Å². The number of carboxylic acid groups (broad SMARTS) is 1. The van der Waals surface area contributed by atoms with Crippen LogP contribution in [0.2, 0.25) is 0 Å². The predicted octanol–water partition coefficient (Wildman–Crippen LogP) is -0.443. The number of ether oxygens (including phenoxy) is 1. The standard InChI is InChI=1S/C23H36O7.Na.H/c1-4-13(2)23(29)30-20-11-17(25)9-15-6-5-14(3)19(22(15)20)8-7-16(24)10-18(26)12-21(27)28;;/h5-6,9,13-14,16-20,22,24-26H,4,7-8,10-12H2,1-3H3,(H,27,28);;/q;+1;-1/t13-,14-,16+,17+,18?,19-,20-,22-;;/m0../s1. The third-order valence-electron chi connectivity index (χ3n) is 6.44. The van der Waals surface area contributed by atoms with Gasteiger partial charge in [-0.1, -0.05) is 39.0 Å². The molecule has 0 spiro atoms. The van der Waals surface area contributed by atoms with Crippen molar-refractivity contribution in [1.82, 2.24) is 0 Å². The minimum atomic E-state index is -1.10. The molecule has 2 aliphatic carbocycles. The van der Waals surface area contributed by atoms with Gasteiger partial charge in [0, 0.05) is 12.3 Å². The van der Waals surface area contributed by atoms with Gasteiger partial charge in [0.1, 0.15) is 6.10 Å². The zero-order valence-corrected chi connectivity index (χ0v) is 21.1. The van der Waals surface area contributed by atoms with Crippen LogP contribution in [0.3, 0.4) is 0 Å². The Morgan fingerprint density at radius 2 is 1.97 bits per heavy atom. The minimum absolute atomic E-state index is 0. The molecule has 0 aliphatic heterocycles. The van der Waals surface area contributed by atoms with Gasteiger partial charge in [-0.3, -0.25) is 9.59 Å². The Kier molecular flexibility index (Phi) is 12.0. The van der Waals surface area contributed by atoms with Crippen molar-refractivity contribution in [2.75, 3.05) is 0 Å². The van der Waals surface area contributed by atoms with Crippen LogP contribution in [0.25, 0.3) is 0 Å². The van der Waals surface area contributed by atoms with Crippen LogP contribution in [-0.2, 0) is 14.3 Å². The van der Waals surface area contributed by atoms with Gasteiger partial charge in [-0.05, 0) is 43.1 Å². The summed E-state index contributed by atoms with van der Waals surface area (Å²) in [4.78, 5) is 23.1. The summed E-state index contributed by atoms with van der Waals surface area (Å²) in [6.45, 7) is 5.85. The number of carbonyl (C=O) groups is 2. The largest absolute Gasteiger partial charge is 1.00 e. The van der Waals surface area contributed by atoms with Gasteiger partial charge in [-0.15, -0.1) is 0 Å². The molecule has 8 heteroatoms. The molecule has 0 radical (unpaired) electrons. The summed E-state index contributed by atoms with van der Waals surface area (Å²) in [7, 11) is 0. The van der Waals surface area contributed by atoms with Gasteiger partial charge in [0.15, 0.2) is 0 Å². The number of carbonyl (C=O) groups excluding carboxylic acids is 1. The fourth-order valence-corrected chi connectivity index (χ4v) is 4.52. The first-order valence-electron chi connectivity index (χ1n) is 11.0. The maximum atomic E-state index is 12.4. The predicted molar refractivity (Wildman–Crippen MR) is 113 cm³/mol. The van der Waals surface area contributed by atoms with E-state index in [-0.39, 0.29) is 73.5 Å². The molecule has 4 N–H and O–H groups in total. The van der Waals surface area contributed by atoms with E-state index in [2.05, 4.69) is 13.0 Å². The first-order valence-corrected chi connectivity index (χ1v) is 11.0. The first kappa shape index (κ1) is 28.3. The number of aliphatic hydroxyl groups excluding tert-OH is 3. The average molecular weight is 449 g/mol. The van der Waals surface area contributed by atoms with Crippen molar-refractivity contribution in [3.05, 3.63) is 23.8 Å². The van der Waals surface area contributed by atoms with E-state index < -0.39 is 30.4 Å². The summed E-state index contributed by atoms with van der Waals surface area (Å²) < 4.78 is 5.84. The monoisotopic (exact) mass is 448 g/mol. The van der Waals surface area contributed by atoms with E-state index in [0.29, 0.717) is 25.7 Å². The molecule has 2 aliphatic rings. The molecular weight excluding hydrogens is 411 g/mol. The fraction of sp³-hybridized carbons (Fsp3) is 0.739. The molecule has 2 rings (SSSR count). The molecule has 0 aromatic heterocycles. The Balaban J connectivity index is 0.00000480. The molecule has 0 saturated heterocycles. The Bertz CT molecular complexity index is 669. The number of aliphatic hydroxyl groups is 3. The molecule has 0 saturated carbocycles. The zero-order chi connectivity index (χ0) is 22.4. The third-order valence-corrected chi connectivity index (χ3v) is 6.44. The van der Waals surface area contributed by atoms with Crippen LogP contribution in [0.5, 0.6) is 0 Å². The second-order valence-electron chi connectivity index (χ2n) is 8.88. The molecule has 0 fully saturated rings. The van der Waals surface area contributed by atoms with E-state index in [4.69, 9.17) is 9.84 Å². The van der Waals surface area contributed by atoms with Crippen molar-refractivity contribution in [3.8, 4) is 0 Å². The van der Waals surface area contributed by atoms with E-state index in [1.807, 2.05) is 26.0 Å². The van der Waals surface area contributed by atoms with Gasteiger partial charge in [-0.25, -0.2) is 0 Å². The van der Waals surface area contributed by atoms with Gasteiger partial charge in [0.25, 0.3) is 0 Å². The Morgan fingerprint density at radius 1 is 1.29 bits per heavy atom. The number of rotatable bonds is 10. The van der Waals surface area contributed by atoms with Crippen LogP contribution < -0.4 is 29.6 Å². The molecule has 1 unspecified atom stereocenters. The number of esters is 1. The maximum absolute atomic E-state index is 12.4. The topological polar surface area (TPSA) is 124 Å². The van der Waals surface area contributed by atoms with Crippen molar-refractivity contribution in [2.45, 2.75) is 83.7 Å². The molecule has 0 amide bonds. The summed E-state index contributed by atoms with van der Waals surface area (Å²) in [6, 6.07) is 0. The van der Waals surface area contributed by atoms with Crippen molar-refractivity contribution in [1.29, 1.82) is 0 Å². The summed E-state index contributed by atoms with van der Waals surface area (Å²) in [6.07, 6.45) is 4.64. The smallest absolute Gasteiger partial charge is 1.00 e. The van der Waals surface area contributed by atoms with Gasteiger partial charge in [-0.2, -0.15) is 0 Å². The molecule has 7 nitrogen and oxygen atoms in total. The van der Waals surface area contributed by atoms with Crippen molar-refractivity contribution in [3.63, 3.8) is 0 Å². The molecule has 172 valence electrons. The number of carboxylic acids is 1. The van der Waals surface area contributed by atoms with Crippen LogP contribution in [0, 0.1) is 23.7 Å². The minimum Gasteiger partial charge on any atom is -1.00 e. The number of allylic oxidation sites excluding steroid dienone is 2. The summed E-state index contributed by atoms with van der Waals surface area (Å²) in [5.74, 6) is -1.31. The summed E-state index contributed by atoms with van der Waals surface area (Å²) in [5.41, 5.74) is 0.958. The van der Waals surface area contributed by atoms with Gasteiger partial charge in [0.2, 0.25) is 0 Å². The molecule has 31 heavy (non-hydrogen) atoms. The Hall–Kier alpha value is -0.700. The van der Waals surface area contributed by atoms with E-state index in [0.717, 1.165) is 5.57 Å². The SMILES string of the molecule is CC[C@H](C)C(=O)O[C@H]1C[C@H](O)C=C2C=C[C@H](C)[C@H](CC[C@@H](O)CC(O)CC(=O)O)[C@H]21.[H-].[Na+]. The van der Waals surface area contributed by atoms with E-state index in [1.165, 1.54) is 0 Å². The quantitative estimate of drug-likeness (QED) is 0.264. The second-order valence-corrected chi connectivity index (χ2v) is 8.88. The number of fused-ring (bicyclic) bond motifs is 1. The van der Waals surface area contributed by atoms with Crippen LogP contribution in [0.15, 0.2) is 23.8 Å². The number of aliphatic carboxylic acids is 1. The van der Waals surface area contributed by atoms with Crippen molar-refractivity contribution >= 4 is 11.9 Å². The summed E-state index contributed by atoms with van der Waals surface area (Å²) in [5, 5.41) is 39.1. The maximum Gasteiger partial charge on any atom is 1.00 e. The van der Waals surface area contributed by atoms with Gasteiger partial charge < -0.3 is 26.6 Å². The normalized spacial score (nSPS) is 30.3. The van der Waals surface area contributed by atoms with Crippen molar-refractivity contribution < 1.29 is 65.7 Å². The second kappa shape index (κ2) is 13.1. The first-order chi connectivity index (χ1) is 14.1. The number of hydrogen-bond donors (Lipinski definition) is 4. The molecule has 0 heterocycles. The van der Waals surface area contributed by atoms with Crippen LogP contribution in [-0.4, -0.2) is 56.8 Å². The number of hydrogen-bond acceptors (Lipinski definition) is 6. The van der Waals surface area contributed by atoms with Gasteiger partial charge in [0.05, 0.1) is 30.7 Å². The van der Waals surface area contributed by atoms with Crippen LogP contribution >= 0.6 is 0 Å². The molecule has 0 aromatic rings. The van der Waals surface area contributed by atoms with E-state index in [1.54, 1.807) is 0 Å². The van der Waals surface area contributed by atoms with Gasteiger partial charge >= 0.3 is 41.5 Å². The molecule has 0 bridgehead atoms. The molecular formula is C23H37NaO7. The fourth-order valence-electron chi connectivity index (χ4n) is 4.52.